The first kappa shape index (κ1) is 23.3. The summed E-state index contributed by atoms with van der Waals surface area (Å²) in [5.74, 6) is -0.0848. The second kappa shape index (κ2) is 9.40. The van der Waals surface area contributed by atoms with Crippen LogP contribution in [0.5, 0.6) is 5.75 Å². The molecule has 31 heavy (non-hydrogen) atoms. The number of carbonyl (C=O) groups excluding carboxylic acids is 2. The highest BCUT2D eigenvalue weighted by Gasteiger charge is 2.32. The monoisotopic (exact) mass is 508 g/mol. The van der Waals surface area contributed by atoms with Gasteiger partial charge in [0.2, 0.25) is 11.8 Å². The molecule has 0 spiro atoms. The second-order valence-corrected chi connectivity index (χ2v) is 10.5. The summed E-state index contributed by atoms with van der Waals surface area (Å²) >= 11 is 3.35. The van der Waals surface area contributed by atoms with Crippen molar-refractivity contribution in [2.75, 3.05) is 17.8 Å². The van der Waals surface area contributed by atoms with Crippen molar-refractivity contribution in [1.29, 1.82) is 0 Å². The number of carbonyl (C=O) groups is 2. The van der Waals surface area contributed by atoms with E-state index in [4.69, 9.17) is 4.74 Å². The highest BCUT2D eigenvalue weighted by atomic mass is 79.9. The molecule has 0 saturated carbocycles. The molecule has 1 aliphatic heterocycles. The summed E-state index contributed by atoms with van der Waals surface area (Å²) in [5.41, 5.74) is 2.42. The molecule has 2 amide bonds. The van der Waals surface area contributed by atoms with Crippen molar-refractivity contribution in [1.82, 2.24) is 5.32 Å². The van der Waals surface area contributed by atoms with Crippen molar-refractivity contribution >= 4 is 43.3 Å². The zero-order chi connectivity index (χ0) is 22.8. The van der Waals surface area contributed by atoms with Crippen LogP contribution in [0.25, 0.3) is 0 Å². The van der Waals surface area contributed by atoms with E-state index < -0.39 is 9.84 Å². The lowest BCUT2D eigenvalue weighted by Crippen LogP contribution is -2.33. The predicted molar refractivity (Wildman–Crippen MR) is 122 cm³/mol. The quantitative estimate of drug-likeness (QED) is 0.619. The van der Waals surface area contributed by atoms with Gasteiger partial charge in [-0.3, -0.25) is 9.59 Å². The van der Waals surface area contributed by atoms with Gasteiger partial charge in [0.1, 0.15) is 5.75 Å². The lowest BCUT2D eigenvalue weighted by atomic mass is 10.1. The number of hydrogen-bond acceptors (Lipinski definition) is 5. The fourth-order valence-electron chi connectivity index (χ4n) is 3.71. The zero-order valence-electron chi connectivity index (χ0n) is 17.6. The SMILES string of the molecule is COc1ccc(CNC(=O)CCS(=O)(=O)c2cc3c(cc2Br)CC(C)N3C(C)=O)cc1. The van der Waals surface area contributed by atoms with Gasteiger partial charge in [-0.25, -0.2) is 8.42 Å². The maximum absolute atomic E-state index is 12.9. The van der Waals surface area contributed by atoms with Crippen LogP contribution in [-0.2, 0) is 32.4 Å². The molecule has 7 nitrogen and oxygen atoms in total. The van der Waals surface area contributed by atoms with E-state index in [1.54, 1.807) is 30.2 Å². The Morgan fingerprint density at radius 3 is 2.52 bits per heavy atom. The molecule has 1 N–H and O–H groups in total. The van der Waals surface area contributed by atoms with E-state index in [1.807, 2.05) is 19.1 Å². The fraction of sp³-hybridized carbons (Fsp3) is 0.364. The van der Waals surface area contributed by atoms with Crippen molar-refractivity contribution in [2.45, 2.75) is 44.2 Å². The summed E-state index contributed by atoms with van der Waals surface area (Å²) in [7, 11) is -2.15. The van der Waals surface area contributed by atoms with Crippen LogP contribution in [0.1, 0.15) is 31.4 Å². The number of benzene rings is 2. The summed E-state index contributed by atoms with van der Waals surface area (Å²) in [5, 5.41) is 2.74. The lowest BCUT2D eigenvalue weighted by molar-refractivity contribution is -0.121. The topological polar surface area (TPSA) is 92.8 Å². The van der Waals surface area contributed by atoms with E-state index in [1.165, 1.54) is 13.0 Å². The van der Waals surface area contributed by atoms with Crippen LogP contribution >= 0.6 is 15.9 Å². The van der Waals surface area contributed by atoms with E-state index in [2.05, 4.69) is 21.2 Å². The molecule has 1 atom stereocenters. The van der Waals surface area contributed by atoms with Crippen LogP contribution in [0, 0.1) is 0 Å². The molecule has 2 aromatic rings. The number of nitrogens with zero attached hydrogens (tertiary/aromatic N) is 1. The predicted octanol–water partition coefficient (Wildman–Crippen LogP) is 3.24. The molecule has 0 radical (unpaired) electrons. The van der Waals surface area contributed by atoms with Crippen LogP contribution in [0.3, 0.4) is 0 Å². The molecule has 1 aliphatic rings. The van der Waals surface area contributed by atoms with Gasteiger partial charge < -0.3 is 15.0 Å². The van der Waals surface area contributed by atoms with Crippen molar-refractivity contribution in [3.8, 4) is 5.75 Å². The first-order chi connectivity index (χ1) is 14.6. The fourth-order valence-corrected chi connectivity index (χ4v) is 6.16. The highest BCUT2D eigenvalue weighted by molar-refractivity contribution is 9.10. The first-order valence-corrected chi connectivity index (χ1v) is 12.3. The summed E-state index contributed by atoms with van der Waals surface area (Å²) in [6.07, 6.45) is 0.510. The number of sulfone groups is 1. The Morgan fingerprint density at radius 1 is 1.23 bits per heavy atom. The molecule has 0 aliphatic carbocycles. The molecule has 1 heterocycles. The van der Waals surface area contributed by atoms with E-state index in [-0.39, 0.29) is 34.9 Å². The molecule has 0 bridgehead atoms. The van der Waals surface area contributed by atoms with Crippen molar-refractivity contribution in [3.63, 3.8) is 0 Å². The summed E-state index contributed by atoms with van der Waals surface area (Å²) in [6, 6.07) is 10.5. The minimum atomic E-state index is -3.73. The number of ether oxygens (including phenoxy) is 1. The third-order valence-corrected chi connectivity index (χ3v) is 7.94. The first-order valence-electron chi connectivity index (χ1n) is 9.87. The van der Waals surface area contributed by atoms with E-state index in [0.717, 1.165) is 16.9 Å². The number of anilines is 1. The Kier molecular flexibility index (Phi) is 7.06. The highest BCUT2D eigenvalue weighted by Crippen LogP contribution is 2.38. The van der Waals surface area contributed by atoms with Crippen LogP contribution in [0.15, 0.2) is 45.8 Å². The Labute approximate surface area is 190 Å². The van der Waals surface area contributed by atoms with Gasteiger partial charge in [-0.15, -0.1) is 0 Å². The molecule has 166 valence electrons. The van der Waals surface area contributed by atoms with Gasteiger partial charge in [0.25, 0.3) is 0 Å². The van der Waals surface area contributed by atoms with Crippen molar-refractivity contribution < 1.29 is 22.7 Å². The number of amides is 2. The van der Waals surface area contributed by atoms with Gasteiger partial charge in [0.15, 0.2) is 9.84 Å². The van der Waals surface area contributed by atoms with Crippen molar-refractivity contribution in [3.05, 3.63) is 52.0 Å². The minimum Gasteiger partial charge on any atom is -0.497 e. The van der Waals surface area contributed by atoms with Gasteiger partial charge in [-0.1, -0.05) is 12.1 Å². The number of hydrogen-bond donors (Lipinski definition) is 1. The van der Waals surface area contributed by atoms with E-state index in [9.17, 15) is 18.0 Å². The molecule has 1 unspecified atom stereocenters. The molecule has 2 aromatic carbocycles. The third kappa shape index (κ3) is 5.27. The summed E-state index contributed by atoms with van der Waals surface area (Å²) in [6.45, 7) is 3.70. The van der Waals surface area contributed by atoms with Crippen molar-refractivity contribution in [2.24, 2.45) is 0 Å². The van der Waals surface area contributed by atoms with Gasteiger partial charge in [0, 0.05) is 36.1 Å². The third-order valence-electron chi connectivity index (χ3n) is 5.27. The van der Waals surface area contributed by atoms with E-state index >= 15 is 0 Å². The normalized spacial score (nSPS) is 15.5. The summed E-state index contributed by atoms with van der Waals surface area (Å²) in [4.78, 5) is 25.9. The second-order valence-electron chi connectivity index (χ2n) is 7.55. The largest absolute Gasteiger partial charge is 0.497 e. The standard InChI is InChI=1S/C22H25BrN2O5S/c1-14-10-17-11-19(23)21(12-20(17)25(14)15(2)26)31(28,29)9-8-22(27)24-13-16-4-6-18(30-3)7-5-16/h4-7,11-12,14H,8-10,13H2,1-3H3,(H,24,27). The van der Waals surface area contributed by atoms with Crippen LogP contribution < -0.4 is 15.0 Å². The average Bonchev–Trinajstić information content (AvgIpc) is 3.05. The number of methoxy groups -OCH3 is 1. The average molecular weight is 509 g/mol. The van der Waals surface area contributed by atoms with Gasteiger partial charge in [-0.2, -0.15) is 0 Å². The molecular formula is C22H25BrN2O5S. The minimum absolute atomic E-state index is 0.0268. The Hall–Kier alpha value is -2.39. The smallest absolute Gasteiger partial charge is 0.224 e. The van der Waals surface area contributed by atoms with Crippen LogP contribution in [0.4, 0.5) is 5.69 Å². The number of fused-ring (bicyclic) bond motifs is 1. The molecular weight excluding hydrogens is 484 g/mol. The molecule has 0 saturated heterocycles. The van der Waals surface area contributed by atoms with Gasteiger partial charge in [0.05, 0.1) is 17.8 Å². The van der Waals surface area contributed by atoms with Crippen LogP contribution in [0.2, 0.25) is 0 Å². The molecule has 9 heteroatoms. The Balaban J connectivity index is 1.67. The number of nitrogens with one attached hydrogen (secondary N) is 1. The molecule has 0 aromatic heterocycles. The van der Waals surface area contributed by atoms with Crippen LogP contribution in [-0.4, -0.2) is 39.1 Å². The molecule has 0 fully saturated rings. The van der Waals surface area contributed by atoms with E-state index in [0.29, 0.717) is 23.1 Å². The number of halogens is 1. The summed E-state index contributed by atoms with van der Waals surface area (Å²) < 4.78 is 31.4. The molecule has 3 rings (SSSR count). The Bertz CT molecular complexity index is 1100. The van der Waals surface area contributed by atoms with Gasteiger partial charge in [-0.05, 0) is 64.7 Å². The maximum Gasteiger partial charge on any atom is 0.224 e. The van der Waals surface area contributed by atoms with Gasteiger partial charge >= 0.3 is 0 Å². The number of rotatable bonds is 7. The zero-order valence-corrected chi connectivity index (χ0v) is 20.0. The maximum atomic E-state index is 12.9. The Morgan fingerprint density at radius 2 is 1.90 bits per heavy atom. The lowest BCUT2D eigenvalue weighted by Gasteiger charge is -2.21.